The molecule has 3 heterocycles. The molecule has 0 bridgehead atoms. The maximum absolute atomic E-state index is 12.5. The summed E-state index contributed by atoms with van der Waals surface area (Å²) in [4.78, 5) is 16.5. The molecule has 0 aromatic carbocycles. The number of sulfonamides is 1. The predicted molar refractivity (Wildman–Crippen MR) is 112 cm³/mol. The number of aromatic amines is 1. The van der Waals surface area contributed by atoms with Crippen molar-refractivity contribution in [1.82, 2.24) is 29.7 Å². The van der Waals surface area contributed by atoms with Gasteiger partial charge < -0.3 is 4.74 Å². The Morgan fingerprint density at radius 1 is 1.35 bits per heavy atom. The van der Waals surface area contributed by atoms with E-state index in [1.807, 2.05) is 4.72 Å². The summed E-state index contributed by atoms with van der Waals surface area (Å²) in [6.45, 7) is 4.36. The highest BCUT2D eigenvalue weighted by Gasteiger charge is 2.36. The van der Waals surface area contributed by atoms with E-state index in [4.69, 9.17) is 16.3 Å². The minimum Gasteiger partial charge on any atom is -0.477 e. The van der Waals surface area contributed by atoms with E-state index >= 15 is 0 Å². The van der Waals surface area contributed by atoms with Gasteiger partial charge in [-0.05, 0) is 43.7 Å². The van der Waals surface area contributed by atoms with Crippen LogP contribution in [-0.2, 0) is 10.0 Å². The SMILES string of the molecule is Cc1[nH]ncc1S(=O)(=O)NC(=O)c1ccc(-n2ccc(OCCC3(C)CC3)n2)nc1Cl. The van der Waals surface area contributed by atoms with Gasteiger partial charge in [-0.3, -0.25) is 9.89 Å². The summed E-state index contributed by atoms with van der Waals surface area (Å²) < 4.78 is 33.9. The van der Waals surface area contributed by atoms with Crippen molar-refractivity contribution < 1.29 is 17.9 Å². The second-order valence-electron chi connectivity index (χ2n) is 7.81. The summed E-state index contributed by atoms with van der Waals surface area (Å²) in [5, 5.41) is 10.3. The number of halogens is 1. The van der Waals surface area contributed by atoms with Crippen LogP contribution < -0.4 is 9.46 Å². The summed E-state index contributed by atoms with van der Waals surface area (Å²) >= 11 is 6.15. The standard InChI is InChI=1S/C19H21ClN6O4S/c1-12-14(11-21-23-12)31(28,29)25-18(27)13-3-4-15(22-17(13)20)26-9-5-16(24-26)30-10-8-19(2)6-7-19/h3-5,9,11H,6-8,10H2,1-2H3,(H,21,23)(H,25,27). The number of aromatic nitrogens is 5. The molecular weight excluding hydrogens is 444 g/mol. The Labute approximate surface area is 184 Å². The van der Waals surface area contributed by atoms with Gasteiger partial charge in [0.25, 0.3) is 15.9 Å². The van der Waals surface area contributed by atoms with Gasteiger partial charge in [0.15, 0.2) is 5.82 Å². The smallest absolute Gasteiger partial charge is 0.268 e. The largest absolute Gasteiger partial charge is 0.477 e. The van der Waals surface area contributed by atoms with Crippen LogP contribution in [0.3, 0.4) is 0 Å². The Morgan fingerprint density at radius 3 is 2.77 bits per heavy atom. The van der Waals surface area contributed by atoms with Gasteiger partial charge >= 0.3 is 0 Å². The van der Waals surface area contributed by atoms with E-state index in [2.05, 4.69) is 27.2 Å². The van der Waals surface area contributed by atoms with Gasteiger partial charge in [0, 0.05) is 12.3 Å². The first-order chi connectivity index (χ1) is 14.7. The first-order valence-corrected chi connectivity index (χ1v) is 11.5. The van der Waals surface area contributed by atoms with Crippen molar-refractivity contribution in [2.24, 2.45) is 5.41 Å². The number of pyridine rings is 1. The summed E-state index contributed by atoms with van der Waals surface area (Å²) in [6.07, 6.45) is 6.23. The average molecular weight is 465 g/mol. The first-order valence-electron chi connectivity index (χ1n) is 9.59. The molecule has 4 rings (SSSR count). The Morgan fingerprint density at radius 2 is 2.13 bits per heavy atom. The van der Waals surface area contributed by atoms with Crippen LogP contribution in [0.1, 0.15) is 42.2 Å². The van der Waals surface area contributed by atoms with Crippen molar-refractivity contribution in [1.29, 1.82) is 0 Å². The van der Waals surface area contributed by atoms with Gasteiger partial charge in [0.05, 0.1) is 24.1 Å². The number of nitrogens with one attached hydrogen (secondary N) is 2. The fourth-order valence-corrected chi connectivity index (χ4v) is 4.28. The number of carbonyl (C=O) groups excluding carboxylic acids is 1. The quantitative estimate of drug-likeness (QED) is 0.489. The fraction of sp³-hybridized carbons (Fsp3) is 0.368. The van der Waals surface area contributed by atoms with Gasteiger partial charge in [0.1, 0.15) is 10.0 Å². The molecule has 0 spiro atoms. The van der Waals surface area contributed by atoms with Crippen LogP contribution in [0.25, 0.3) is 5.82 Å². The van der Waals surface area contributed by atoms with E-state index in [-0.39, 0.29) is 15.6 Å². The molecule has 164 valence electrons. The molecule has 0 saturated heterocycles. The van der Waals surface area contributed by atoms with Crippen molar-refractivity contribution in [3.8, 4) is 11.7 Å². The van der Waals surface area contributed by atoms with Gasteiger partial charge in [-0.25, -0.2) is 22.8 Å². The Balaban J connectivity index is 1.44. The van der Waals surface area contributed by atoms with Crippen molar-refractivity contribution >= 4 is 27.5 Å². The second-order valence-corrected chi connectivity index (χ2v) is 9.82. The van der Waals surface area contributed by atoms with E-state index in [0.29, 0.717) is 29.4 Å². The second kappa shape index (κ2) is 7.97. The summed E-state index contributed by atoms with van der Waals surface area (Å²) in [6, 6.07) is 4.61. The molecule has 0 atom stereocenters. The van der Waals surface area contributed by atoms with Crippen LogP contribution in [0.15, 0.2) is 35.5 Å². The maximum Gasteiger partial charge on any atom is 0.268 e. The number of hydrogen-bond acceptors (Lipinski definition) is 7. The monoisotopic (exact) mass is 464 g/mol. The number of nitrogens with zero attached hydrogens (tertiary/aromatic N) is 4. The predicted octanol–water partition coefficient (Wildman–Crippen LogP) is 2.64. The lowest BCUT2D eigenvalue weighted by atomic mass is 10.1. The molecule has 0 unspecified atom stereocenters. The van der Waals surface area contributed by atoms with Crippen LogP contribution in [0.4, 0.5) is 0 Å². The van der Waals surface area contributed by atoms with Crippen molar-refractivity contribution in [3.05, 3.63) is 47.0 Å². The molecule has 1 aliphatic carbocycles. The number of hydrogen-bond donors (Lipinski definition) is 2. The number of rotatable bonds is 8. The van der Waals surface area contributed by atoms with Gasteiger partial charge in [-0.15, -0.1) is 5.10 Å². The van der Waals surface area contributed by atoms with E-state index < -0.39 is 15.9 Å². The zero-order valence-electron chi connectivity index (χ0n) is 16.9. The summed E-state index contributed by atoms with van der Waals surface area (Å²) in [5.41, 5.74) is 0.622. The minimum atomic E-state index is -4.10. The van der Waals surface area contributed by atoms with E-state index in [0.717, 1.165) is 12.6 Å². The average Bonchev–Trinajstić information content (AvgIpc) is 3.07. The van der Waals surface area contributed by atoms with Crippen LogP contribution in [0.5, 0.6) is 5.88 Å². The van der Waals surface area contributed by atoms with E-state index in [9.17, 15) is 13.2 Å². The topological polar surface area (TPSA) is 132 Å². The Hall–Kier alpha value is -2.92. The maximum atomic E-state index is 12.5. The van der Waals surface area contributed by atoms with Crippen LogP contribution in [0.2, 0.25) is 5.15 Å². The summed E-state index contributed by atoms with van der Waals surface area (Å²) in [7, 11) is -4.10. The zero-order valence-corrected chi connectivity index (χ0v) is 18.5. The molecule has 3 aromatic rings. The van der Waals surface area contributed by atoms with Gasteiger partial charge in [-0.2, -0.15) is 5.10 Å². The Kier molecular flexibility index (Phi) is 5.48. The highest BCUT2D eigenvalue weighted by atomic mass is 35.5. The molecule has 31 heavy (non-hydrogen) atoms. The lowest BCUT2D eigenvalue weighted by molar-refractivity contribution is 0.0981. The van der Waals surface area contributed by atoms with Crippen molar-refractivity contribution in [2.75, 3.05) is 6.61 Å². The number of amides is 1. The molecule has 10 nitrogen and oxygen atoms in total. The minimum absolute atomic E-state index is 0.0866. The van der Waals surface area contributed by atoms with Crippen molar-refractivity contribution in [3.63, 3.8) is 0 Å². The highest BCUT2D eigenvalue weighted by Crippen LogP contribution is 2.47. The molecule has 1 amide bonds. The molecule has 0 radical (unpaired) electrons. The highest BCUT2D eigenvalue weighted by molar-refractivity contribution is 7.90. The third-order valence-corrected chi connectivity index (χ3v) is 6.97. The van der Waals surface area contributed by atoms with Crippen LogP contribution >= 0.6 is 11.6 Å². The van der Waals surface area contributed by atoms with Crippen LogP contribution in [0, 0.1) is 12.3 Å². The molecule has 3 aromatic heterocycles. The number of carbonyl (C=O) groups is 1. The third-order valence-electron chi connectivity index (χ3n) is 5.24. The van der Waals surface area contributed by atoms with Gasteiger partial charge in [0.2, 0.25) is 5.88 Å². The zero-order chi connectivity index (χ0) is 22.2. The molecule has 12 heteroatoms. The first kappa shape index (κ1) is 21.3. The molecule has 0 aliphatic heterocycles. The molecule has 1 fully saturated rings. The third kappa shape index (κ3) is 4.72. The molecular formula is C19H21ClN6O4S. The summed E-state index contributed by atoms with van der Waals surface area (Å²) in [5.74, 6) is -0.0765. The van der Waals surface area contributed by atoms with Crippen LogP contribution in [-0.4, -0.2) is 45.9 Å². The van der Waals surface area contributed by atoms with E-state index in [1.54, 1.807) is 12.3 Å². The lowest BCUT2D eigenvalue weighted by Gasteiger charge is -2.09. The Bertz CT molecular complexity index is 1230. The van der Waals surface area contributed by atoms with Gasteiger partial charge in [-0.1, -0.05) is 18.5 Å². The van der Waals surface area contributed by atoms with Crippen molar-refractivity contribution in [2.45, 2.75) is 38.0 Å². The number of H-pyrrole nitrogens is 1. The molecule has 1 aliphatic rings. The number of ether oxygens (including phenoxy) is 1. The molecule has 2 N–H and O–H groups in total. The lowest BCUT2D eigenvalue weighted by Crippen LogP contribution is -2.31. The van der Waals surface area contributed by atoms with E-state index in [1.165, 1.54) is 36.6 Å². The number of aryl methyl sites for hydroxylation is 1. The molecule has 1 saturated carbocycles. The normalized spacial score (nSPS) is 14.9. The fourth-order valence-electron chi connectivity index (χ4n) is 2.94.